The van der Waals surface area contributed by atoms with Crippen molar-refractivity contribution in [3.8, 4) is 0 Å². The SMILES string of the molecule is CC(=C=C1COCc2ccccc21)CNS(=O)(=O)c1ccc(C)cc1. The lowest BCUT2D eigenvalue weighted by molar-refractivity contribution is 0.146. The van der Waals surface area contributed by atoms with Gasteiger partial charge in [0, 0.05) is 12.1 Å². The normalized spacial score (nSPS) is 13.9. The number of benzene rings is 2. The largest absolute Gasteiger partial charge is 0.371 e. The Balaban J connectivity index is 1.80. The predicted octanol–water partition coefficient (Wildman–Crippen LogP) is 3.43. The van der Waals surface area contributed by atoms with E-state index >= 15 is 0 Å². The average molecular weight is 355 g/mol. The van der Waals surface area contributed by atoms with E-state index in [0.29, 0.717) is 13.2 Å². The molecule has 0 radical (unpaired) electrons. The molecule has 1 aliphatic rings. The van der Waals surface area contributed by atoms with Gasteiger partial charge in [0.15, 0.2) is 0 Å². The lowest BCUT2D eigenvalue weighted by atomic mass is 9.98. The fraction of sp³-hybridized carbons (Fsp3) is 0.250. The Morgan fingerprint density at radius 1 is 1.12 bits per heavy atom. The summed E-state index contributed by atoms with van der Waals surface area (Å²) < 4.78 is 32.9. The second-order valence-electron chi connectivity index (χ2n) is 6.17. The first-order chi connectivity index (χ1) is 12.0. The number of nitrogens with one attached hydrogen (secondary N) is 1. The molecule has 2 aromatic rings. The molecule has 2 aromatic carbocycles. The molecule has 0 bridgehead atoms. The van der Waals surface area contributed by atoms with Gasteiger partial charge < -0.3 is 4.74 Å². The lowest BCUT2D eigenvalue weighted by Crippen LogP contribution is -2.25. The Morgan fingerprint density at radius 2 is 1.84 bits per heavy atom. The minimum absolute atomic E-state index is 0.210. The van der Waals surface area contributed by atoms with Crippen molar-refractivity contribution in [2.24, 2.45) is 0 Å². The summed E-state index contributed by atoms with van der Waals surface area (Å²) in [6.07, 6.45) is 0. The molecule has 0 saturated carbocycles. The van der Waals surface area contributed by atoms with Crippen LogP contribution in [0.15, 0.2) is 64.7 Å². The Hall–Kier alpha value is -2.17. The number of rotatable bonds is 4. The van der Waals surface area contributed by atoms with Crippen molar-refractivity contribution >= 4 is 15.6 Å². The fourth-order valence-electron chi connectivity index (χ4n) is 2.69. The zero-order valence-electron chi connectivity index (χ0n) is 14.4. The highest BCUT2D eigenvalue weighted by atomic mass is 32.2. The van der Waals surface area contributed by atoms with E-state index in [0.717, 1.165) is 27.8 Å². The molecule has 0 atom stereocenters. The molecule has 0 saturated heterocycles. The van der Waals surface area contributed by atoms with Crippen LogP contribution < -0.4 is 4.72 Å². The topological polar surface area (TPSA) is 55.4 Å². The zero-order valence-corrected chi connectivity index (χ0v) is 15.2. The van der Waals surface area contributed by atoms with Crippen LogP contribution in [0.3, 0.4) is 0 Å². The van der Waals surface area contributed by atoms with Crippen LogP contribution in [0.4, 0.5) is 0 Å². The van der Waals surface area contributed by atoms with Gasteiger partial charge in [-0.3, -0.25) is 0 Å². The quantitative estimate of drug-likeness (QED) is 0.855. The van der Waals surface area contributed by atoms with Crippen molar-refractivity contribution in [1.82, 2.24) is 4.72 Å². The maximum absolute atomic E-state index is 12.4. The van der Waals surface area contributed by atoms with Gasteiger partial charge in [0.2, 0.25) is 10.0 Å². The second kappa shape index (κ2) is 7.38. The van der Waals surface area contributed by atoms with E-state index in [1.807, 2.05) is 38.1 Å². The highest BCUT2D eigenvalue weighted by Crippen LogP contribution is 2.24. The molecule has 1 aliphatic heterocycles. The van der Waals surface area contributed by atoms with Crippen molar-refractivity contribution in [3.05, 3.63) is 76.5 Å². The fourth-order valence-corrected chi connectivity index (χ4v) is 3.76. The number of aryl methyl sites for hydroxylation is 1. The van der Waals surface area contributed by atoms with Crippen LogP contribution in [0.2, 0.25) is 0 Å². The van der Waals surface area contributed by atoms with Gasteiger partial charge in [-0.25, -0.2) is 13.1 Å². The van der Waals surface area contributed by atoms with E-state index in [9.17, 15) is 8.42 Å². The monoisotopic (exact) mass is 355 g/mol. The van der Waals surface area contributed by atoms with Crippen molar-refractivity contribution in [1.29, 1.82) is 0 Å². The molecule has 25 heavy (non-hydrogen) atoms. The molecule has 0 aromatic heterocycles. The second-order valence-corrected chi connectivity index (χ2v) is 7.94. The molecule has 4 nitrogen and oxygen atoms in total. The van der Waals surface area contributed by atoms with E-state index in [1.165, 1.54) is 0 Å². The van der Waals surface area contributed by atoms with Crippen molar-refractivity contribution in [2.45, 2.75) is 25.3 Å². The first-order valence-electron chi connectivity index (χ1n) is 8.13. The van der Waals surface area contributed by atoms with E-state index in [2.05, 4.69) is 10.5 Å². The standard InChI is InChI=1S/C20H21NO3S/c1-15-7-9-19(10-8-15)25(22,23)21-12-16(2)11-18-14-24-13-17-5-3-4-6-20(17)18/h3-10,21H,12-14H2,1-2H3. The highest BCUT2D eigenvalue weighted by Gasteiger charge is 2.15. The third kappa shape index (κ3) is 4.27. The summed E-state index contributed by atoms with van der Waals surface area (Å²) in [5.74, 6) is 0. The number of ether oxygens (including phenoxy) is 1. The Morgan fingerprint density at radius 3 is 2.60 bits per heavy atom. The summed E-state index contributed by atoms with van der Waals surface area (Å²) in [6, 6.07) is 14.8. The number of sulfonamides is 1. The molecular formula is C20H21NO3S. The predicted molar refractivity (Wildman–Crippen MR) is 98.6 cm³/mol. The highest BCUT2D eigenvalue weighted by molar-refractivity contribution is 7.89. The molecule has 0 amide bonds. The van der Waals surface area contributed by atoms with Gasteiger partial charge in [-0.2, -0.15) is 0 Å². The van der Waals surface area contributed by atoms with Gasteiger partial charge >= 0.3 is 0 Å². The molecule has 1 heterocycles. The number of hydrogen-bond acceptors (Lipinski definition) is 3. The third-order valence-corrected chi connectivity index (χ3v) is 5.49. The van der Waals surface area contributed by atoms with Crippen LogP contribution in [0.5, 0.6) is 0 Å². The van der Waals surface area contributed by atoms with Gasteiger partial charge in [0.25, 0.3) is 0 Å². The summed E-state index contributed by atoms with van der Waals surface area (Å²) in [5, 5.41) is 0. The van der Waals surface area contributed by atoms with E-state index < -0.39 is 10.0 Å². The molecule has 1 N–H and O–H groups in total. The molecule has 3 rings (SSSR count). The maximum Gasteiger partial charge on any atom is 0.240 e. The third-order valence-electron chi connectivity index (χ3n) is 4.07. The van der Waals surface area contributed by atoms with Crippen molar-refractivity contribution in [3.63, 3.8) is 0 Å². The summed E-state index contributed by atoms with van der Waals surface area (Å²) in [4.78, 5) is 0.268. The van der Waals surface area contributed by atoms with Gasteiger partial charge in [-0.15, -0.1) is 5.73 Å². The molecule has 0 spiro atoms. The Labute approximate surface area is 148 Å². The van der Waals surface area contributed by atoms with E-state index in [4.69, 9.17) is 4.74 Å². The minimum atomic E-state index is -3.52. The van der Waals surface area contributed by atoms with Crippen LogP contribution in [-0.4, -0.2) is 21.6 Å². The minimum Gasteiger partial charge on any atom is -0.371 e. The van der Waals surface area contributed by atoms with Gasteiger partial charge in [0.1, 0.15) is 0 Å². The van der Waals surface area contributed by atoms with Crippen LogP contribution in [0.25, 0.3) is 5.57 Å². The van der Waals surface area contributed by atoms with Gasteiger partial charge in [-0.1, -0.05) is 42.0 Å². The van der Waals surface area contributed by atoms with E-state index in [1.54, 1.807) is 24.3 Å². The molecular weight excluding hydrogens is 334 g/mol. The van der Waals surface area contributed by atoms with Gasteiger partial charge in [0.05, 0.1) is 18.1 Å². The van der Waals surface area contributed by atoms with Crippen LogP contribution in [0, 0.1) is 6.92 Å². The van der Waals surface area contributed by atoms with Crippen molar-refractivity contribution in [2.75, 3.05) is 13.2 Å². The molecule has 0 aliphatic carbocycles. The summed E-state index contributed by atoms with van der Waals surface area (Å²) in [7, 11) is -3.52. The van der Waals surface area contributed by atoms with Crippen LogP contribution in [-0.2, 0) is 21.4 Å². The average Bonchev–Trinajstić information content (AvgIpc) is 2.61. The first kappa shape index (κ1) is 17.6. The smallest absolute Gasteiger partial charge is 0.240 e. The van der Waals surface area contributed by atoms with Crippen molar-refractivity contribution < 1.29 is 13.2 Å². The first-order valence-corrected chi connectivity index (χ1v) is 9.62. The Bertz CT molecular complexity index is 937. The summed E-state index contributed by atoms with van der Waals surface area (Å²) in [5.41, 5.74) is 8.33. The van der Waals surface area contributed by atoms with E-state index in [-0.39, 0.29) is 11.4 Å². The van der Waals surface area contributed by atoms with Crippen LogP contribution >= 0.6 is 0 Å². The molecule has 0 fully saturated rings. The summed E-state index contributed by atoms with van der Waals surface area (Å²) >= 11 is 0. The van der Waals surface area contributed by atoms with Gasteiger partial charge in [-0.05, 0) is 42.7 Å². The van der Waals surface area contributed by atoms with Crippen LogP contribution in [0.1, 0.15) is 23.6 Å². The number of fused-ring (bicyclic) bond motifs is 1. The zero-order chi connectivity index (χ0) is 17.9. The summed E-state index contributed by atoms with van der Waals surface area (Å²) in [6.45, 7) is 5.08. The lowest BCUT2D eigenvalue weighted by Gasteiger charge is -2.18. The molecule has 5 heteroatoms. The number of hydrogen-bond donors (Lipinski definition) is 1. The maximum atomic E-state index is 12.4. The Kier molecular flexibility index (Phi) is 5.21. The molecule has 130 valence electrons. The molecule has 0 unspecified atom stereocenters.